The van der Waals surface area contributed by atoms with E-state index < -0.39 is 10.0 Å². The molecule has 8 nitrogen and oxygen atoms in total. The van der Waals surface area contributed by atoms with Gasteiger partial charge in [0.25, 0.3) is 10.0 Å². The van der Waals surface area contributed by atoms with Gasteiger partial charge in [-0.3, -0.25) is 4.79 Å². The number of carbonyl (C=O) groups is 1. The first-order chi connectivity index (χ1) is 15.0. The Morgan fingerprint density at radius 2 is 1.87 bits per heavy atom. The Morgan fingerprint density at radius 1 is 1.10 bits per heavy atom. The Hall–Kier alpha value is -2.01. The fraction of sp³-hybridized carbons (Fsp3) is 0.524. The zero-order valence-electron chi connectivity index (χ0n) is 17.5. The van der Waals surface area contributed by atoms with E-state index in [1.54, 1.807) is 22.6 Å². The summed E-state index contributed by atoms with van der Waals surface area (Å²) >= 11 is 1.18. The van der Waals surface area contributed by atoms with Gasteiger partial charge in [0.15, 0.2) is 0 Å². The van der Waals surface area contributed by atoms with E-state index in [0.717, 1.165) is 48.6 Å². The summed E-state index contributed by atoms with van der Waals surface area (Å²) in [6.07, 6.45) is 4.80. The van der Waals surface area contributed by atoms with Crippen molar-refractivity contribution < 1.29 is 17.9 Å². The number of pyridine rings is 1. The number of rotatable bonds is 7. The van der Waals surface area contributed by atoms with Crippen molar-refractivity contribution in [2.75, 3.05) is 44.3 Å². The normalized spacial score (nSPS) is 18.1. The Labute approximate surface area is 187 Å². The van der Waals surface area contributed by atoms with Crippen LogP contribution in [0.25, 0.3) is 0 Å². The van der Waals surface area contributed by atoms with E-state index in [1.165, 1.54) is 11.3 Å². The fourth-order valence-electron chi connectivity index (χ4n) is 3.87. The number of nitrogens with zero attached hydrogens (tertiary/aromatic N) is 3. The monoisotopic (exact) mass is 464 g/mol. The molecule has 2 aliphatic heterocycles. The average molecular weight is 465 g/mol. The van der Waals surface area contributed by atoms with Crippen molar-refractivity contribution in [2.45, 2.75) is 36.4 Å². The second-order valence-corrected chi connectivity index (χ2v) is 11.1. The zero-order chi connectivity index (χ0) is 21.7. The minimum atomic E-state index is -3.45. The summed E-state index contributed by atoms with van der Waals surface area (Å²) in [6.45, 7) is 4.43. The van der Waals surface area contributed by atoms with Crippen LogP contribution >= 0.6 is 11.3 Å². The Kier molecular flexibility index (Phi) is 7.21. The zero-order valence-corrected chi connectivity index (χ0v) is 19.1. The van der Waals surface area contributed by atoms with Gasteiger partial charge in [0.1, 0.15) is 10.0 Å². The van der Waals surface area contributed by atoms with E-state index in [1.807, 2.05) is 12.1 Å². The van der Waals surface area contributed by atoms with Crippen LogP contribution < -0.4 is 10.2 Å². The van der Waals surface area contributed by atoms with E-state index in [0.29, 0.717) is 37.1 Å². The van der Waals surface area contributed by atoms with Crippen molar-refractivity contribution in [3.05, 3.63) is 40.9 Å². The molecule has 0 bridgehead atoms. The van der Waals surface area contributed by atoms with E-state index in [-0.39, 0.29) is 12.3 Å². The molecule has 2 saturated heterocycles. The summed E-state index contributed by atoms with van der Waals surface area (Å²) in [5, 5.41) is 2.95. The second kappa shape index (κ2) is 10.1. The van der Waals surface area contributed by atoms with Crippen molar-refractivity contribution in [3.63, 3.8) is 0 Å². The molecule has 2 aromatic rings. The fourth-order valence-corrected chi connectivity index (χ4v) is 6.89. The number of morpholine rings is 1. The number of ether oxygens (including phenoxy) is 1. The highest BCUT2D eigenvalue weighted by atomic mass is 32.2. The standard InChI is InChI=1S/C21H28N4O4S2/c26-19(23-16-17-5-4-8-22-21(17)24-11-13-29-14-12-24)15-18-6-7-20(30-18)31(27,28)25-9-2-1-3-10-25/h4-8H,1-3,9-16H2,(H,23,26). The molecule has 0 unspecified atom stereocenters. The van der Waals surface area contributed by atoms with Crippen molar-refractivity contribution in [1.29, 1.82) is 0 Å². The molecule has 1 amide bonds. The van der Waals surface area contributed by atoms with Gasteiger partial charge >= 0.3 is 0 Å². The highest BCUT2D eigenvalue weighted by Gasteiger charge is 2.27. The second-order valence-electron chi connectivity index (χ2n) is 7.72. The molecule has 2 fully saturated rings. The smallest absolute Gasteiger partial charge is 0.252 e. The third-order valence-electron chi connectivity index (χ3n) is 5.54. The molecule has 1 N–H and O–H groups in total. The topological polar surface area (TPSA) is 91.8 Å². The lowest BCUT2D eigenvalue weighted by atomic mass is 10.2. The molecule has 0 spiro atoms. The number of aromatic nitrogens is 1. The summed E-state index contributed by atoms with van der Waals surface area (Å²) < 4.78 is 32.9. The predicted molar refractivity (Wildman–Crippen MR) is 120 cm³/mol. The summed E-state index contributed by atoms with van der Waals surface area (Å²) in [5.74, 6) is 0.734. The van der Waals surface area contributed by atoms with Crippen molar-refractivity contribution in [2.24, 2.45) is 0 Å². The van der Waals surface area contributed by atoms with Crippen LogP contribution in [0.15, 0.2) is 34.7 Å². The first kappa shape index (κ1) is 22.2. The predicted octanol–water partition coefficient (Wildman–Crippen LogP) is 2.01. The molecule has 0 aromatic carbocycles. The van der Waals surface area contributed by atoms with Crippen LogP contribution in [0.5, 0.6) is 0 Å². The first-order valence-electron chi connectivity index (χ1n) is 10.7. The number of hydrogen-bond donors (Lipinski definition) is 1. The van der Waals surface area contributed by atoms with Gasteiger partial charge in [0, 0.05) is 49.4 Å². The van der Waals surface area contributed by atoms with Crippen LogP contribution in [-0.2, 0) is 32.5 Å². The van der Waals surface area contributed by atoms with Crippen molar-refractivity contribution in [3.8, 4) is 0 Å². The summed E-state index contributed by atoms with van der Waals surface area (Å²) in [4.78, 5) is 19.9. The lowest BCUT2D eigenvalue weighted by Crippen LogP contribution is -2.38. The van der Waals surface area contributed by atoms with Gasteiger partial charge in [0.05, 0.1) is 19.6 Å². The van der Waals surface area contributed by atoms with Crippen LogP contribution in [0.1, 0.15) is 29.7 Å². The van der Waals surface area contributed by atoms with Crippen LogP contribution in [0.4, 0.5) is 5.82 Å². The van der Waals surface area contributed by atoms with E-state index >= 15 is 0 Å². The number of hydrogen-bond acceptors (Lipinski definition) is 7. The number of nitrogens with one attached hydrogen (secondary N) is 1. The molecule has 168 valence electrons. The van der Waals surface area contributed by atoms with Gasteiger partial charge in [-0.05, 0) is 31.0 Å². The van der Waals surface area contributed by atoms with Gasteiger partial charge in [-0.25, -0.2) is 13.4 Å². The van der Waals surface area contributed by atoms with E-state index in [2.05, 4.69) is 15.2 Å². The third kappa shape index (κ3) is 5.43. The maximum absolute atomic E-state index is 12.8. The number of piperidine rings is 1. The van der Waals surface area contributed by atoms with Gasteiger partial charge in [-0.15, -0.1) is 11.3 Å². The molecule has 2 aliphatic rings. The molecular formula is C21H28N4O4S2. The van der Waals surface area contributed by atoms with Gasteiger partial charge in [0.2, 0.25) is 5.91 Å². The molecule has 0 aliphatic carbocycles. The van der Waals surface area contributed by atoms with Crippen LogP contribution in [0.3, 0.4) is 0 Å². The Balaban J connectivity index is 1.35. The van der Waals surface area contributed by atoms with E-state index in [4.69, 9.17) is 4.74 Å². The van der Waals surface area contributed by atoms with Crippen molar-refractivity contribution in [1.82, 2.24) is 14.6 Å². The first-order valence-corrected chi connectivity index (χ1v) is 12.9. The number of carbonyl (C=O) groups excluding carboxylic acids is 1. The maximum Gasteiger partial charge on any atom is 0.252 e. The third-order valence-corrected chi connectivity index (χ3v) is 8.99. The van der Waals surface area contributed by atoms with Gasteiger partial charge in [-0.1, -0.05) is 12.5 Å². The summed E-state index contributed by atoms with van der Waals surface area (Å²) in [5.41, 5.74) is 0.956. The van der Waals surface area contributed by atoms with Gasteiger partial charge < -0.3 is 15.0 Å². The molecule has 10 heteroatoms. The SMILES string of the molecule is O=C(Cc1ccc(S(=O)(=O)N2CCCCC2)s1)NCc1cccnc1N1CCOCC1. The molecule has 4 heterocycles. The molecule has 2 aromatic heterocycles. The largest absolute Gasteiger partial charge is 0.378 e. The average Bonchev–Trinajstić information content (AvgIpc) is 3.28. The van der Waals surface area contributed by atoms with Crippen LogP contribution in [0.2, 0.25) is 0 Å². The minimum Gasteiger partial charge on any atom is -0.378 e. The number of sulfonamides is 1. The lowest BCUT2D eigenvalue weighted by molar-refractivity contribution is -0.120. The number of anilines is 1. The van der Waals surface area contributed by atoms with Crippen LogP contribution in [0, 0.1) is 0 Å². The molecule has 4 rings (SSSR count). The quantitative estimate of drug-likeness (QED) is 0.674. The molecule has 0 radical (unpaired) electrons. The summed E-state index contributed by atoms with van der Waals surface area (Å²) in [6, 6.07) is 7.19. The minimum absolute atomic E-state index is 0.138. The summed E-state index contributed by atoms with van der Waals surface area (Å²) in [7, 11) is -3.45. The number of thiophene rings is 1. The molecular weight excluding hydrogens is 436 g/mol. The molecule has 0 saturated carbocycles. The Morgan fingerprint density at radius 3 is 2.65 bits per heavy atom. The van der Waals surface area contributed by atoms with Crippen LogP contribution in [-0.4, -0.2) is 63.0 Å². The highest BCUT2D eigenvalue weighted by Crippen LogP contribution is 2.27. The highest BCUT2D eigenvalue weighted by molar-refractivity contribution is 7.91. The molecule has 0 atom stereocenters. The molecule has 31 heavy (non-hydrogen) atoms. The Bertz CT molecular complexity index is 996. The lowest BCUT2D eigenvalue weighted by Gasteiger charge is -2.29. The van der Waals surface area contributed by atoms with Gasteiger partial charge in [-0.2, -0.15) is 4.31 Å². The van der Waals surface area contributed by atoms with E-state index in [9.17, 15) is 13.2 Å². The van der Waals surface area contributed by atoms with Crippen molar-refractivity contribution >= 4 is 33.1 Å². The maximum atomic E-state index is 12.8. The number of amides is 1.